The Balaban J connectivity index is 2.03. The minimum absolute atomic E-state index is 0.164. The lowest BCUT2D eigenvalue weighted by molar-refractivity contribution is 0.0486. The molecule has 2 atom stereocenters. The van der Waals surface area contributed by atoms with Gasteiger partial charge in [-0.1, -0.05) is 36.4 Å². The SMILES string of the molecule is CCOCCOc1cccc(C(=O)N(C)C(C)C(O)c2ccccc2)c1. The third-order valence-corrected chi connectivity index (χ3v) is 4.31. The fourth-order valence-electron chi connectivity index (χ4n) is 2.61. The molecule has 0 bridgehead atoms. The molecule has 0 fully saturated rings. The zero-order chi connectivity index (χ0) is 18.9. The Hall–Kier alpha value is -2.37. The first-order valence-corrected chi connectivity index (χ1v) is 8.85. The van der Waals surface area contributed by atoms with Crippen LogP contribution in [0.15, 0.2) is 54.6 Å². The Labute approximate surface area is 155 Å². The van der Waals surface area contributed by atoms with Crippen molar-refractivity contribution in [3.63, 3.8) is 0 Å². The number of carbonyl (C=O) groups excluding carboxylic acids is 1. The molecule has 140 valence electrons. The van der Waals surface area contributed by atoms with E-state index in [0.717, 1.165) is 5.56 Å². The molecule has 5 heteroatoms. The van der Waals surface area contributed by atoms with Gasteiger partial charge in [0, 0.05) is 19.2 Å². The molecule has 0 aliphatic carbocycles. The molecule has 0 aliphatic heterocycles. The molecule has 0 saturated heterocycles. The van der Waals surface area contributed by atoms with Gasteiger partial charge in [0.2, 0.25) is 0 Å². The van der Waals surface area contributed by atoms with E-state index < -0.39 is 6.10 Å². The summed E-state index contributed by atoms with van der Waals surface area (Å²) >= 11 is 0. The molecule has 0 saturated carbocycles. The smallest absolute Gasteiger partial charge is 0.254 e. The molecule has 2 unspecified atom stereocenters. The zero-order valence-corrected chi connectivity index (χ0v) is 15.6. The van der Waals surface area contributed by atoms with Crippen LogP contribution in [-0.2, 0) is 4.74 Å². The maximum Gasteiger partial charge on any atom is 0.254 e. The van der Waals surface area contributed by atoms with E-state index in [0.29, 0.717) is 31.1 Å². The van der Waals surface area contributed by atoms with Gasteiger partial charge in [-0.05, 0) is 37.6 Å². The highest BCUT2D eigenvalue weighted by molar-refractivity contribution is 5.94. The molecule has 1 amide bonds. The summed E-state index contributed by atoms with van der Waals surface area (Å²) in [6, 6.07) is 16.0. The monoisotopic (exact) mass is 357 g/mol. The van der Waals surface area contributed by atoms with E-state index in [1.165, 1.54) is 0 Å². The Morgan fingerprint density at radius 2 is 1.85 bits per heavy atom. The van der Waals surface area contributed by atoms with Crippen LogP contribution in [0.4, 0.5) is 0 Å². The number of rotatable bonds is 9. The van der Waals surface area contributed by atoms with Crippen molar-refractivity contribution < 1.29 is 19.4 Å². The molecule has 0 spiro atoms. The first kappa shape index (κ1) is 19.9. The maximum absolute atomic E-state index is 12.8. The molecule has 2 aromatic carbocycles. The number of carbonyl (C=O) groups is 1. The molecule has 5 nitrogen and oxygen atoms in total. The van der Waals surface area contributed by atoms with Crippen molar-refractivity contribution in [2.45, 2.75) is 26.0 Å². The van der Waals surface area contributed by atoms with E-state index in [9.17, 15) is 9.90 Å². The summed E-state index contributed by atoms with van der Waals surface area (Å²) in [5.74, 6) is 0.461. The van der Waals surface area contributed by atoms with Crippen LogP contribution in [0.5, 0.6) is 5.75 Å². The normalized spacial score (nSPS) is 13.1. The van der Waals surface area contributed by atoms with E-state index >= 15 is 0 Å². The number of likely N-dealkylation sites (N-methyl/N-ethyl adjacent to an activating group) is 1. The van der Waals surface area contributed by atoms with Gasteiger partial charge in [0.15, 0.2) is 0 Å². The summed E-state index contributed by atoms with van der Waals surface area (Å²) in [4.78, 5) is 14.3. The highest BCUT2D eigenvalue weighted by atomic mass is 16.5. The van der Waals surface area contributed by atoms with Crippen LogP contribution >= 0.6 is 0 Å². The van der Waals surface area contributed by atoms with E-state index in [1.807, 2.05) is 50.2 Å². The number of benzene rings is 2. The second-order valence-electron chi connectivity index (χ2n) is 6.09. The molecule has 0 heterocycles. The summed E-state index contributed by atoms with van der Waals surface area (Å²) in [7, 11) is 1.70. The highest BCUT2D eigenvalue weighted by Gasteiger charge is 2.25. The summed E-state index contributed by atoms with van der Waals surface area (Å²) in [6.45, 7) is 5.35. The zero-order valence-electron chi connectivity index (χ0n) is 15.6. The quantitative estimate of drug-likeness (QED) is 0.700. The average molecular weight is 357 g/mol. The number of ether oxygens (including phenoxy) is 2. The number of hydrogen-bond acceptors (Lipinski definition) is 4. The molecule has 26 heavy (non-hydrogen) atoms. The summed E-state index contributed by atoms with van der Waals surface area (Å²) in [6.07, 6.45) is -0.754. The van der Waals surface area contributed by atoms with Gasteiger partial charge >= 0.3 is 0 Å². The molecule has 2 rings (SSSR count). The van der Waals surface area contributed by atoms with Crippen LogP contribution in [0.25, 0.3) is 0 Å². The van der Waals surface area contributed by atoms with Gasteiger partial charge in [-0.2, -0.15) is 0 Å². The Morgan fingerprint density at radius 1 is 1.12 bits per heavy atom. The molecule has 0 radical (unpaired) electrons. The topological polar surface area (TPSA) is 59.0 Å². The van der Waals surface area contributed by atoms with Crippen molar-refractivity contribution in [1.82, 2.24) is 4.90 Å². The lowest BCUT2D eigenvalue weighted by atomic mass is 10.0. The van der Waals surface area contributed by atoms with Crippen molar-refractivity contribution >= 4 is 5.91 Å². The predicted octanol–water partition coefficient (Wildman–Crippen LogP) is 3.30. The van der Waals surface area contributed by atoms with Gasteiger partial charge in [0.25, 0.3) is 5.91 Å². The van der Waals surface area contributed by atoms with Crippen LogP contribution in [-0.4, -0.2) is 48.8 Å². The number of aliphatic hydroxyl groups is 1. The third kappa shape index (κ3) is 5.31. The van der Waals surface area contributed by atoms with E-state index in [1.54, 1.807) is 30.1 Å². The fraction of sp³-hybridized carbons (Fsp3) is 0.381. The largest absolute Gasteiger partial charge is 0.491 e. The number of hydrogen-bond donors (Lipinski definition) is 1. The molecular formula is C21H27NO4. The minimum Gasteiger partial charge on any atom is -0.491 e. The number of aliphatic hydroxyl groups excluding tert-OH is 1. The third-order valence-electron chi connectivity index (χ3n) is 4.31. The molecular weight excluding hydrogens is 330 g/mol. The molecule has 1 N–H and O–H groups in total. The first-order chi connectivity index (χ1) is 12.5. The Bertz CT molecular complexity index is 689. The van der Waals surface area contributed by atoms with Gasteiger partial charge < -0.3 is 19.5 Å². The predicted molar refractivity (Wildman–Crippen MR) is 101 cm³/mol. The molecule has 0 aliphatic rings. The van der Waals surface area contributed by atoms with Crippen molar-refractivity contribution in [3.05, 3.63) is 65.7 Å². The standard InChI is InChI=1S/C21H27NO4/c1-4-25-13-14-26-19-12-8-11-18(15-19)21(24)22(3)16(2)20(23)17-9-6-5-7-10-17/h5-12,15-16,20,23H,4,13-14H2,1-3H3. The minimum atomic E-state index is -0.754. The summed E-state index contributed by atoms with van der Waals surface area (Å²) in [5.41, 5.74) is 1.31. The van der Waals surface area contributed by atoms with Crippen LogP contribution < -0.4 is 4.74 Å². The first-order valence-electron chi connectivity index (χ1n) is 8.85. The second-order valence-corrected chi connectivity index (χ2v) is 6.09. The summed E-state index contributed by atoms with van der Waals surface area (Å²) < 4.78 is 10.9. The van der Waals surface area contributed by atoms with Crippen molar-refractivity contribution in [2.24, 2.45) is 0 Å². The molecule has 0 aromatic heterocycles. The second kappa shape index (κ2) is 9.94. The molecule has 2 aromatic rings. The van der Waals surface area contributed by atoms with Gasteiger partial charge in [0.1, 0.15) is 12.4 Å². The van der Waals surface area contributed by atoms with Crippen LogP contribution in [0.2, 0.25) is 0 Å². The highest BCUT2D eigenvalue weighted by Crippen LogP contribution is 2.22. The number of nitrogens with zero attached hydrogens (tertiary/aromatic N) is 1. The van der Waals surface area contributed by atoms with Crippen molar-refractivity contribution in [3.8, 4) is 5.75 Å². The van der Waals surface area contributed by atoms with Crippen molar-refractivity contribution in [1.29, 1.82) is 0 Å². The van der Waals surface area contributed by atoms with Crippen LogP contribution in [0.1, 0.15) is 35.9 Å². The van der Waals surface area contributed by atoms with Gasteiger partial charge in [-0.25, -0.2) is 0 Å². The average Bonchev–Trinajstić information content (AvgIpc) is 2.70. The Kier molecular flexibility index (Phi) is 7.63. The Morgan fingerprint density at radius 3 is 2.54 bits per heavy atom. The van der Waals surface area contributed by atoms with Gasteiger partial charge in [-0.3, -0.25) is 4.79 Å². The summed E-state index contributed by atoms with van der Waals surface area (Å²) in [5, 5.41) is 10.5. The van der Waals surface area contributed by atoms with E-state index in [4.69, 9.17) is 9.47 Å². The van der Waals surface area contributed by atoms with Crippen molar-refractivity contribution in [2.75, 3.05) is 26.9 Å². The lowest BCUT2D eigenvalue weighted by Crippen LogP contribution is -2.39. The van der Waals surface area contributed by atoms with E-state index in [-0.39, 0.29) is 11.9 Å². The maximum atomic E-state index is 12.8. The van der Waals surface area contributed by atoms with Gasteiger partial charge in [-0.15, -0.1) is 0 Å². The van der Waals surface area contributed by atoms with Crippen LogP contribution in [0, 0.1) is 0 Å². The fourth-order valence-corrected chi connectivity index (χ4v) is 2.61. The number of amides is 1. The van der Waals surface area contributed by atoms with E-state index in [2.05, 4.69) is 0 Å². The van der Waals surface area contributed by atoms with Crippen LogP contribution in [0.3, 0.4) is 0 Å². The lowest BCUT2D eigenvalue weighted by Gasteiger charge is -2.29. The van der Waals surface area contributed by atoms with Gasteiger partial charge in [0.05, 0.1) is 18.8 Å².